The van der Waals surface area contributed by atoms with Crippen LogP contribution in [-0.4, -0.2) is 19.4 Å². The Morgan fingerprint density at radius 3 is 2.52 bits per heavy atom. The Kier molecular flexibility index (Phi) is 6.02. The predicted octanol–water partition coefficient (Wildman–Crippen LogP) is 5.38. The third-order valence-corrected chi connectivity index (χ3v) is 7.06. The standard InChI is InChI=1S/C23H19ClF2N2O4S/c1-2-5-19-14-7-4-3-6-13(14)15-10-20(18(26)11-17(15)25)28-33(31,32)21-9-12(23(30)27-19)8-16(24)22(21)29/h3-4,6-11,19,28-29H,2,5H2,1H3,(H,27,30)/t19-/m1/s1. The Morgan fingerprint density at radius 2 is 1.79 bits per heavy atom. The van der Waals surface area contributed by atoms with Crippen molar-refractivity contribution in [1.82, 2.24) is 5.32 Å². The number of nitrogens with one attached hydrogen (secondary N) is 2. The molecule has 172 valence electrons. The summed E-state index contributed by atoms with van der Waals surface area (Å²) in [4.78, 5) is 12.3. The average molecular weight is 493 g/mol. The van der Waals surface area contributed by atoms with E-state index in [0.717, 1.165) is 18.2 Å². The highest BCUT2D eigenvalue weighted by Gasteiger charge is 2.28. The van der Waals surface area contributed by atoms with Crippen molar-refractivity contribution in [3.8, 4) is 16.9 Å². The Balaban J connectivity index is 2.05. The fraction of sp³-hybridized carbons (Fsp3) is 0.174. The number of carbonyl (C=O) groups excluding carboxylic acids is 1. The van der Waals surface area contributed by atoms with Gasteiger partial charge in [-0.25, -0.2) is 17.2 Å². The molecule has 3 aromatic rings. The first-order valence-corrected chi connectivity index (χ1v) is 11.9. The van der Waals surface area contributed by atoms with Crippen LogP contribution >= 0.6 is 11.6 Å². The lowest BCUT2D eigenvalue weighted by Gasteiger charge is -2.22. The second-order valence-corrected chi connectivity index (χ2v) is 9.68. The molecule has 0 saturated carbocycles. The van der Waals surface area contributed by atoms with Gasteiger partial charge >= 0.3 is 0 Å². The van der Waals surface area contributed by atoms with E-state index < -0.39 is 49.9 Å². The number of phenols is 1. The summed E-state index contributed by atoms with van der Waals surface area (Å²) in [6.07, 6.45) is 1.17. The number of hydrogen-bond acceptors (Lipinski definition) is 4. The Morgan fingerprint density at radius 1 is 1.06 bits per heavy atom. The maximum atomic E-state index is 14.9. The zero-order valence-corrected chi connectivity index (χ0v) is 18.9. The van der Waals surface area contributed by atoms with Crippen LogP contribution in [0.3, 0.4) is 0 Å². The van der Waals surface area contributed by atoms with E-state index in [-0.39, 0.29) is 16.1 Å². The molecule has 1 aliphatic heterocycles. The minimum atomic E-state index is -4.60. The molecule has 3 N–H and O–H groups in total. The highest BCUT2D eigenvalue weighted by Crippen LogP contribution is 2.38. The van der Waals surface area contributed by atoms with Gasteiger partial charge in [0.1, 0.15) is 16.5 Å². The summed E-state index contributed by atoms with van der Waals surface area (Å²) >= 11 is 6.00. The zero-order chi connectivity index (χ0) is 23.9. The molecule has 0 saturated heterocycles. The van der Waals surface area contributed by atoms with E-state index in [0.29, 0.717) is 30.0 Å². The number of rotatable bonds is 2. The molecule has 1 heterocycles. The fourth-order valence-corrected chi connectivity index (χ4v) is 5.30. The summed E-state index contributed by atoms with van der Waals surface area (Å²) in [5, 5.41) is 12.7. The van der Waals surface area contributed by atoms with Crippen molar-refractivity contribution in [1.29, 1.82) is 0 Å². The van der Waals surface area contributed by atoms with Crippen molar-refractivity contribution in [2.24, 2.45) is 0 Å². The van der Waals surface area contributed by atoms with E-state index in [4.69, 9.17) is 11.6 Å². The van der Waals surface area contributed by atoms with Gasteiger partial charge in [-0.15, -0.1) is 0 Å². The maximum Gasteiger partial charge on any atom is 0.265 e. The van der Waals surface area contributed by atoms with Crippen LogP contribution in [0, 0.1) is 11.6 Å². The third-order valence-electron chi connectivity index (χ3n) is 5.39. The van der Waals surface area contributed by atoms with Crippen LogP contribution in [0.2, 0.25) is 5.02 Å². The van der Waals surface area contributed by atoms with Gasteiger partial charge in [-0.2, -0.15) is 0 Å². The average Bonchev–Trinajstić information content (AvgIpc) is 2.76. The summed E-state index contributed by atoms with van der Waals surface area (Å²) in [6.45, 7) is 1.92. The number of aromatic hydroxyl groups is 1. The number of fused-ring (bicyclic) bond motifs is 6. The summed E-state index contributed by atoms with van der Waals surface area (Å²) in [5.41, 5.74) is 0.271. The van der Waals surface area contributed by atoms with Crippen LogP contribution in [0.1, 0.15) is 41.7 Å². The van der Waals surface area contributed by atoms with Crippen LogP contribution in [0.4, 0.5) is 14.5 Å². The second-order valence-electron chi connectivity index (χ2n) is 7.62. The molecule has 6 nitrogen and oxygen atoms in total. The number of sulfonamides is 1. The van der Waals surface area contributed by atoms with E-state index in [1.54, 1.807) is 24.3 Å². The van der Waals surface area contributed by atoms with Crippen molar-refractivity contribution in [2.75, 3.05) is 4.72 Å². The minimum absolute atomic E-state index is 0.0479. The molecule has 33 heavy (non-hydrogen) atoms. The van der Waals surface area contributed by atoms with Gasteiger partial charge in [0.2, 0.25) is 0 Å². The van der Waals surface area contributed by atoms with Crippen LogP contribution in [0.5, 0.6) is 5.75 Å². The predicted molar refractivity (Wildman–Crippen MR) is 121 cm³/mol. The van der Waals surface area contributed by atoms with Crippen LogP contribution < -0.4 is 10.0 Å². The molecule has 1 atom stereocenters. The SMILES string of the molecule is CCC[C@H]1NC(=O)c2cc(Cl)c(O)c(c2)S(=O)(=O)Nc2cc(c(F)cc2F)-c2ccccc21. The summed E-state index contributed by atoms with van der Waals surface area (Å²) in [6, 6.07) is 9.88. The van der Waals surface area contributed by atoms with E-state index in [1.807, 2.05) is 11.6 Å². The lowest BCUT2D eigenvalue weighted by atomic mass is 9.92. The Bertz CT molecular complexity index is 1380. The van der Waals surface area contributed by atoms with Gasteiger partial charge in [0.15, 0.2) is 5.75 Å². The van der Waals surface area contributed by atoms with Gasteiger partial charge in [-0.05, 0) is 35.7 Å². The Hall–Kier alpha value is -3.17. The molecule has 0 radical (unpaired) electrons. The third kappa shape index (κ3) is 4.26. The number of anilines is 1. The topological polar surface area (TPSA) is 95.5 Å². The van der Waals surface area contributed by atoms with Crippen LogP contribution in [0.15, 0.2) is 53.4 Å². The fourth-order valence-electron chi connectivity index (χ4n) is 3.82. The molecule has 4 rings (SSSR count). The number of amides is 1. The number of halogens is 3. The van der Waals surface area contributed by atoms with Gasteiger partial charge in [0.25, 0.3) is 15.9 Å². The first-order chi connectivity index (χ1) is 15.6. The van der Waals surface area contributed by atoms with E-state index >= 15 is 0 Å². The lowest BCUT2D eigenvalue weighted by molar-refractivity contribution is 0.0934. The van der Waals surface area contributed by atoms with Crippen LogP contribution in [-0.2, 0) is 10.0 Å². The highest BCUT2D eigenvalue weighted by atomic mass is 35.5. The first-order valence-electron chi connectivity index (χ1n) is 10.1. The molecular formula is C23H19ClF2N2O4S. The van der Waals surface area contributed by atoms with Crippen molar-refractivity contribution >= 4 is 33.2 Å². The highest BCUT2D eigenvalue weighted by molar-refractivity contribution is 7.92. The minimum Gasteiger partial charge on any atom is -0.505 e. The van der Waals surface area contributed by atoms with Gasteiger partial charge in [0.05, 0.1) is 16.8 Å². The molecule has 1 amide bonds. The van der Waals surface area contributed by atoms with Gasteiger partial charge < -0.3 is 10.4 Å². The summed E-state index contributed by atoms with van der Waals surface area (Å²) in [7, 11) is -4.60. The second kappa shape index (κ2) is 8.64. The van der Waals surface area contributed by atoms with E-state index in [1.165, 1.54) is 0 Å². The molecule has 4 bridgehead atoms. The molecule has 0 spiro atoms. The van der Waals surface area contributed by atoms with E-state index in [9.17, 15) is 27.1 Å². The molecule has 0 aromatic heterocycles. The molecule has 0 unspecified atom stereocenters. The summed E-state index contributed by atoms with van der Waals surface area (Å²) < 4.78 is 57.4. The van der Waals surface area contributed by atoms with Gasteiger partial charge in [-0.1, -0.05) is 49.2 Å². The number of carbonyl (C=O) groups is 1. The molecular weight excluding hydrogens is 474 g/mol. The van der Waals surface area contributed by atoms with Crippen molar-refractivity contribution in [2.45, 2.75) is 30.7 Å². The number of benzene rings is 3. The largest absolute Gasteiger partial charge is 0.505 e. The van der Waals surface area contributed by atoms with Gasteiger partial charge in [0, 0.05) is 17.2 Å². The number of hydrogen-bond donors (Lipinski definition) is 3. The first kappa shape index (κ1) is 23.0. The number of phenolic OH excluding ortho intramolecular Hbond substituents is 1. The van der Waals surface area contributed by atoms with Crippen molar-refractivity contribution in [3.63, 3.8) is 0 Å². The molecule has 10 heteroatoms. The normalized spacial score (nSPS) is 17.0. The van der Waals surface area contributed by atoms with Gasteiger partial charge in [-0.3, -0.25) is 9.52 Å². The Labute approximate surface area is 194 Å². The monoisotopic (exact) mass is 492 g/mol. The van der Waals surface area contributed by atoms with Crippen molar-refractivity contribution < 1.29 is 27.1 Å². The van der Waals surface area contributed by atoms with Crippen molar-refractivity contribution in [3.05, 3.63) is 76.3 Å². The molecule has 0 fully saturated rings. The smallest absolute Gasteiger partial charge is 0.265 e. The quantitative estimate of drug-likeness (QED) is 0.448. The van der Waals surface area contributed by atoms with Crippen LogP contribution in [0.25, 0.3) is 11.1 Å². The lowest BCUT2D eigenvalue weighted by Crippen LogP contribution is -2.29. The molecule has 0 aliphatic carbocycles. The zero-order valence-electron chi connectivity index (χ0n) is 17.3. The maximum absolute atomic E-state index is 14.9. The summed E-state index contributed by atoms with van der Waals surface area (Å²) in [5.74, 6) is -3.48. The molecule has 1 aliphatic rings. The van der Waals surface area contributed by atoms with E-state index in [2.05, 4.69) is 5.32 Å². The molecule has 3 aromatic carbocycles.